The highest BCUT2D eigenvalue weighted by Crippen LogP contribution is 2.27. The molecular weight excluding hydrogens is 186 g/mol. The highest BCUT2D eigenvalue weighted by atomic mass is 16.5. The van der Waals surface area contributed by atoms with Gasteiger partial charge in [-0.2, -0.15) is 0 Å². The summed E-state index contributed by atoms with van der Waals surface area (Å²) >= 11 is 0. The average molecular weight is 205 g/mol. The van der Waals surface area contributed by atoms with Gasteiger partial charge in [0.15, 0.2) is 0 Å². The van der Waals surface area contributed by atoms with Crippen molar-refractivity contribution in [3.8, 4) is 0 Å². The van der Waals surface area contributed by atoms with Crippen molar-refractivity contribution < 1.29 is 4.74 Å². The van der Waals surface area contributed by atoms with Gasteiger partial charge in [0.2, 0.25) is 5.90 Å². The highest BCUT2D eigenvalue weighted by Gasteiger charge is 2.20. The molecule has 0 aromatic heterocycles. The van der Waals surface area contributed by atoms with Crippen molar-refractivity contribution in [3.63, 3.8) is 0 Å². The molecule has 0 saturated carbocycles. The van der Waals surface area contributed by atoms with Crippen LogP contribution in [0, 0.1) is 12.3 Å². The van der Waals surface area contributed by atoms with Gasteiger partial charge in [-0.15, -0.1) is 0 Å². The Kier molecular flexibility index (Phi) is 3.18. The summed E-state index contributed by atoms with van der Waals surface area (Å²) in [6.45, 7) is 8.46. The van der Waals surface area contributed by atoms with E-state index < -0.39 is 0 Å². The van der Waals surface area contributed by atoms with Crippen molar-refractivity contribution in [1.82, 2.24) is 0 Å². The number of nitrogens with one attached hydrogen (secondary N) is 1. The van der Waals surface area contributed by atoms with E-state index in [-0.39, 0.29) is 11.3 Å². The van der Waals surface area contributed by atoms with Crippen LogP contribution in [-0.4, -0.2) is 13.0 Å². The third-order valence-corrected chi connectivity index (χ3v) is 2.43. The fourth-order valence-corrected chi connectivity index (χ4v) is 1.61. The van der Waals surface area contributed by atoms with Crippen LogP contribution in [0.3, 0.4) is 0 Å². The molecule has 0 radical (unpaired) electrons. The number of ether oxygens (including phenoxy) is 1. The van der Waals surface area contributed by atoms with Gasteiger partial charge in [-0.1, -0.05) is 38.5 Å². The predicted octanol–water partition coefficient (Wildman–Crippen LogP) is 3.26. The molecule has 0 aliphatic heterocycles. The number of hydrogen-bond acceptors (Lipinski definition) is 2. The molecule has 1 N–H and O–H groups in total. The van der Waals surface area contributed by atoms with E-state index in [1.54, 1.807) is 0 Å². The summed E-state index contributed by atoms with van der Waals surface area (Å²) in [6.07, 6.45) is 0. The van der Waals surface area contributed by atoms with Crippen LogP contribution in [0.5, 0.6) is 0 Å². The molecule has 0 fully saturated rings. The van der Waals surface area contributed by atoms with Crippen LogP contribution >= 0.6 is 0 Å². The smallest absolute Gasteiger partial charge is 0.213 e. The quantitative estimate of drug-likeness (QED) is 0.554. The zero-order valence-electron chi connectivity index (χ0n) is 10.1. The number of benzene rings is 1. The van der Waals surface area contributed by atoms with E-state index >= 15 is 0 Å². The maximum atomic E-state index is 7.77. The Labute approximate surface area is 91.8 Å². The van der Waals surface area contributed by atoms with Gasteiger partial charge in [0, 0.05) is 5.56 Å². The zero-order valence-corrected chi connectivity index (χ0v) is 10.1. The van der Waals surface area contributed by atoms with E-state index in [1.807, 2.05) is 13.0 Å². The summed E-state index contributed by atoms with van der Waals surface area (Å²) in [5.74, 6) is 0.239. The molecule has 0 spiro atoms. The maximum absolute atomic E-state index is 7.77. The molecule has 1 aromatic rings. The Bertz CT molecular complexity index is 375. The van der Waals surface area contributed by atoms with Gasteiger partial charge in [-0.25, -0.2) is 0 Å². The molecule has 0 saturated heterocycles. The topological polar surface area (TPSA) is 33.1 Å². The first-order chi connectivity index (χ1) is 6.86. The average Bonchev–Trinajstić information content (AvgIpc) is 2.14. The first kappa shape index (κ1) is 11.8. The monoisotopic (exact) mass is 205 g/mol. The summed E-state index contributed by atoms with van der Waals surface area (Å²) in [5, 5.41) is 7.77. The molecule has 2 nitrogen and oxygen atoms in total. The van der Waals surface area contributed by atoms with E-state index in [0.717, 1.165) is 16.7 Å². The number of aryl methyl sites for hydroxylation is 1. The van der Waals surface area contributed by atoms with Crippen LogP contribution < -0.4 is 0 Å². The summed E-state index contributed by atoms with van der Waals surface area (Å²) in [5.41, 5.74) is 3.23. The van der Waals surface area contributed by atoms with Crippen LogP contribution in [0.15, 0.2) is 18.2 Å². The van der Waals surface area contributed by atoms with Gasteiger partial charge in [0.1, 0.15) is 0 Å². The molecule has 2 heteroatoms. The van der Waals surface area contributed by atoms with Crippen molar-refractivity contribution in [2.24, 2.45) is 0 Å². The van der Waals surface area contributed by atoms with Crippen molar-refractivity contribution in [1.29, 1.82) is 5.41 Å². The van der Waals surface area contributed by atoms with Gasteiger partial charge in [0.25, 0.3) is 0 Å². The molecule has 0 aliphatic carbocycles. The molecule has 1 rings (SSSR count). The maximum Gasteiger partial charge on any atom is 0.213 e. The minimum atomic E-state index is 0.0356. The van der Waals surface area contributed by atoms with Gasteiger partial charge < -0.3 is 4.74 Å². The van der Waals surface area contributed by atoms with Crippen molar-refractivity contribution in [2.45, 2.75) is 33.1 Å². The summed E-state index contributed by atoms with van der Waals surface area (Å²) in [4.78, 5) is 0. The van der Waals surface area contributed by atoms with E-state index in [0.29, 0.717) is 0 Å². The number of methoxy groups -OCH3 is 1. The Morgan fingerprint density at radius 2 is 1.87 bits per heavy atom. The van der Waals surface area contributed by atoms with Gasteiger partial charge >= 0.3 is 0 Å². The lowest BCUT2D eigenvalue weighted by Gasteiger charge is -2.23. The van der Waals surface area contributed by atoms with E-state index in [2.05, 4.69) is 32.9 Å². The summed E-state index contributed by atoms with van der Waals surface area (Å²) in [6, 6.07) is 6.16. The van der Waals surface area contributed by atoms with Crippen molar-refractivity contribution in [3.05, 3.63) is 34.9 Å². The van der Waals surface area contributed by atoms with E-state index in [9.17, 15) is 0 Å². The standard InChI is InChI=1S/C13H19NO/c1-9-6-7-11(13(2,3)4)10(8-9)12(14)15-5/h6-8,14H,1-5H3. The van der Waals surface area contributed by atoms with Gasteiger partial charge in [-0.05, 0) is 24.0 Å². The van der Waals surface area contributed by atoms with E-state index in [4.69, 9.17) is 10.1 Å². The normalized spacial score (nSPS) is 11.3. The minimum absolute atomic E-state index is 0.0356. The first-order valence-corrected chi connectivity index (χ1v) is 5.10. The lowest BCUT2D eigenvalue weighted by atomic mass is 9.83. The van der Waals surface area contributed by atoms with Crippen LogP contribution in [0.25, 0.3) is 0 Å². The Morgan fingerprint density at radius 3 is 2.33 bits per heavy atom. The zero-order chi connectivity index (χ0) is 11.6. The van der Waals surface area contributed by atoms with Crippen LogP contribution in [0.2, 0.25) is 0 Å². The highest BCUT2D eigenvalue weighted by molar-refractivity contribution is 5.93. The van der Waals surface area contributed by atoms with Crippen molar-refractivity contribution >= 4 is 5.90 Å². The minimum Gasteiger partial charge on any atom is -0.481 e. The number of rotatable bonds is 1. The fourth-order valence-electron chi connectivity index (χ4n) is 1.61. The molecule has 0 unspecified atom stereocenters. The second kappa shape index (κ2) is 4.05. The lowest BCUT2D eigenvalue weighted by molar-refractivity contribution is 0.399. The molecule has 0 heterocycles. The molecule has 0 bridgehead atoms. The molecule has 0 amide bonds. The predicted molar refractivity (Wildman–Crippen MR) is 63.7 cm³/mol. The largest absolute Gasteiger partial charge is 0.481 e. The number of hydrogen-bond donors (Lipinski definition) is 1. The Hall–Kier alpha value is -1.31. The fraction of sp³-hybridized carbons (Fsp3) is 0.462. The van der Waals surface area contributed by atoms with Crippen LogP contribution in [-0.2, 0) is 10.2 Å². The molecule has 1 aromatic carbocycles. The van der Waals surface area contributed by atoms with Gasteiger partial charge in [-0.3, -0.25) is 5.41 Å². The Balaban J connectivity index is 3.33. The molecular formula is C13H19NO. The molecule has 15 heavy (non-hydrogen) atoms. The Morgan fingerprint density at radius 1 is 1.27 bits per heavy atom. The van der Waals surface area contributed by atoms with Crippen LogP contribution in [0.1, 0.15) is 37.5 Å². The molecule has 0 atom stereocenters. The summed E-state index contributed by atoms with van der Waals surface area (Å²) < 4.78 is 5.01. The lowest BCUT2D eigenvalue weighted by Crippen LogP contribution is -2.17. The second-order valence-electron chi connectivity index (χ2n) is 4.83. The first-order valence-electron chi connectivity index (χ1n) is 5.10. The van der Waals surface area contributed by atoms with Gasteiger partial charge in [0.05, 0.1) is 7.11 Å². The van der Waals surface area contributed by atoms with Crippen LogP contribution in [0.4, 0.5) is 0 Å². The molecule has 0 aliphatic rings. The SMILES string of the molecule is COC(=N)c1cc(C)ccc1C(C)(C)C. The molecule has 82 valence electrons. The second-order valence-corrected chi connectivity index (χ2v) is 4.83. The summed E-state index contributed by atoms with van der Waals surface area (Å²) in [7, 11) is 1.54. The third-order valence-electron chi connectivity index (χ3n) is 2.43. The third kappa shape index (κ3) is 2.58. The van der Waals surface area contributed by atoms with E-state index in [1.165, 1.54) is 7.11 Å². The van der Waals surface area contributed by atoms with Crippen molar-refractivity contribution in [2.75, 3.05) is 7.11 Å².